The zero-order valence-electron chi connectivity index (χ0n) is 15.0. The third kappa shape index (κ3) is 3.87. The summed E-state index contributed by atoms with van der Waals surface area (Å²) in [7, 11) is 0. The molecule has 1 saturated heterocycles. The van der Waals surface area contributed by atoms with E-state index in [0.29, 0.717) is 26.1 Å². The summed E-state index contributed by atoms with van der Waals surface area (Å²) in [5, 5.41) is 0. The molecule has 27 heavy (non-hydrogen) atoms. The number of rotatable bonds is 2. The van der Waals surface area contributed by atoms with Crippen molar-refractivity contribution in [2.75, 3.05) is 13.1 Å². The number of likely N-dealkylation sites (tertiary alicyclic amines) is 1. The highest BCUT2D eigenvalue weighted by Gasteiger charge is 2.38. The largest absolute Gasteiger partial charge is 0.459 e. The zero-order chi connectivity index (χ0) is 18.1. The third-order valence-electron chi connectivity index (χ3n) is 5.30. The second-order valence-electron chi connectivity index (χ2n) is 7.09. The summed E-state index contributed by atoms with van der Waals surface area (Å²) in [6.07, 6.45) is 3.84. The average molecular weight is 390 g/mol. The molecule has 144 valence electrons. The van der Waals surface area contributed by atoms with Crippen LogP contribution in [0.1, 0.15) is 34.5 Å². The van der Waals surface area contributed by atoms with Crippen LogP contribution in [0.5, 0.6) is 0 Å². The first-order valence-electron chi connectivity index (χ1n) is 9.09. The van der Waals surface area contributed by atoms with Gasteiger partial charge in [-0.05, 0) is 36.1 Å². The van der Waals surface area contributed by atoms with Crippen LogP contribution in [0.2, 0.25) is 0 Å². The molecule has 1 aromatic carbocycles. The van der Waals surface area contributed by atoms with Crippen molar-refractivity contribution >= 4 is 24.2 Å². The molecule has 0 saturated carbocycles. The topological polar surface area (TPSA) is 79.8 Å². The van der Waals surface area contributed by atoms with Crippen LogP contribution in [0.4, 0.5) is 0 Å². The number of benzene rings is 1. The van der Waals surface area contributed by atoms with Gasteiger partial charge in [0, 0.05) is 32.1 Å². The fourth-order valence-corrected chi connectivity index (χ4v) is 3.92. The fraction of sp³-hybridized carbons (Fsp3) is 0.400. The second kappa shape index (κ2) is 8.15. The first-order chi connectivity index (χ1) is 12.6. The van der Waals surface area contributed by atoms with Crippen molar-refractivity contribution in [2.45, 2.75) is 37.9 Å². The van der Waals surface area contributed by atoms with E-state index in [0.717, 1.165) is 24.0 Å². The Balaban J connectivity index is 0.00000210. The van der Waals surface area contributed by atoms with Gasteiger partial charge in [-0.1, -0.05) is 24.3 Å². The van der Waals surface area contributed by atoms with Crippen LogP contribution in [0.3, 0.4) is 0 Å². The van der Waals surface area contributed by atoms with Crippen LogP contribution >= 0.6 is 12.4 Å². The second-order valence-corrected chi connectivity index (χ2v) is 7.09. The molecule has 0 radical (unpaired) electrons. The molecule has 1 fully saturated rings. The Labute approximate surface area is 164 Å². The Hall–Kier alpha value is -2.31. The lowest BCUT2D eigenvalue weighted by Crippen LogP contribution is -2.56. The standard InChI is InChI=1S/C20H23N3O3.ClH/c21-16-7-3-9-22(13-16)19(24)17-11-14-5-1-2-6-15(14)12-23(17)20(25)18-8-4-10-26-18;/h1-2,4-6,8,10,16-17H,3,7,9,11-13,21H2;1H. The van der Waals surface area contributed by atoms with Gasteiger partial charge < -0.3 is 20.0 Å². The van der Waals surface area contributed by atoms with Crippen LogP contribution in [-0.4, -0.2) is 46.8 Å². The molecule has 0 spiro atoms. The van der Waals surface area contributed by atoms with Crippen LogP contribution in [0, 0.1) is 0 Å². The van der Waals surface area contributed by atoms with Gasteiger partial charge in [0.2, 0.25) is 5.91 Å². The number of nitrogens with zero attached hydrogens (tertiary/aromatic N) is 2. The van der Waals surface area contributed by atoms with Gasteiger partial charge in [-0.3, -0.25) is 9.59 Å². The summed E-state index contributed by atoms with van der Waals surface area (Å²) in [6, 6.07) is 10.8. The van der Waals surface area contributed by atoms with E-state index >= 15 is 0 Å². The summed E-state index contributed by atoms with van der Waals surface area (Å²) in [5.74, 6) is -0.00348. The maximum absolute atomic E-state index is 13.2. The molecule has 2 aliphatic rings. The molecule has 6 nitrogen and oxygen atoms in total. The lowest BCUT2D eigenvalue weighted by atomic mass is 9.92. The van der Waals surface area contributed by atoms with Gasteiger partial charge in [0.15, 0.2) is 5.76 Å². The molecule has 2 amide bonds. The summed E-state index contributed by atoms with van der Waals surface area (Å²) in [4.78, 5) is 29.7. The lowest BCUT2D eigenvalue weighted by molar-refractivity contribution is -0.137. The van der Waals surface area contributed by atoms with Gasteiger partial charge in [0.1, 0.15) is 6.04 Å². The quantitative estimate of drug-likeness (QED) is 0.854. The number of piperidine rings is 1. The number of furan rings is 1. The number of halogens is 1. The predicted octanol–water partition coefficient (Wildman–Crippen LogP) is 2.22. The molecule has 0 bridgehead atoms. The molecule has 2 N–H and O–H groups in total. The Morgan fingerprint density at radius 2 is 1.89 bits per heavy atom. The first-order valence-corrected chi connectivity index (χ1v) is 9.09. The van der Waals surface area contributed by atoms with Gasteiger partial charge in [-0.25, -0.2) is 0 Å². The highest BCUT2D eigenvalue weighted by molar-refractivity contribution is 5.96. The van der Waals surface area contributed by atoms with Crippen LogP contribution in [-0.2, 0) is 17.8 Å². The number of hydrogen-bond donors (Lipinski definition) is 1. The van der Waals surface area contributed by atoms with Gasteiger partial charge in [-0.15, -0.1) is 12.4 Å². The van der Waals surface area contributed by atoms with E-state index in [4.69, 9.17) is 10.2 Å². The SMILES string of the molecule is Cl.NC1CCCN(C(=O)C2Cc3ccccc3CN2C(=O)c2ccco2)C1. The van der Waals surface area contributed by atoms with E-state index in [1.54, 1.807) is 17.0 Å². The monoisotopic (exact) mass is 389 g/mol. The smallest absolute Gasteiger partial charge is 0.290 e. The minimum atomic E-state index is -0.521. The van der Waals surface area contributed by atoms with Crippen molar-refractivity contribution in [3.05, 3.63) is 59.5 Å². The molecule has 7 heteroatoms. The minimum absolute atomic E-state index is 0. The fourth-order valence-electron chi connectivity index (χ4n) is 3.92. The normalized spacial score (nSPS) is 22.0. The van der Waals surface area contributed by atoms with E-state index in [-0.39, 0.29) is 36.0 Å². The molecule has 0 aliphatic carbocycles. The van der Waals surface area contributed by atoms with E-state index in [2.05, 4.69) is 0 Å². The molecule has 1 aromatic heterocycles. The summed E-state index contributed by atoms with van der Waals surface area (Å²) >= 11 is 0. The van der Waals surface area contributed by atoms with Crippen molar-refractivity contribution in [2.24, 2.45) is 5.73 Å². The molecule has 2 aromatic rings. The number of hydrogen-bond acceptors (Lipinski definition) is 4. The Kier molecular flexibility index (Phi) is 5.87. The molecule has 2 aliphatic heterocycles. The van der Waals surface area contributed by atoms with Crippen molar-refractivity contribution in [3.63, 3.8) is 0 Å². The number of carbonyl (C=O) groups is 2. The number of amides is 2. The van der Waals surface area contributed by atoms with Crippen molar-refractivity contribution in [3.8, 4) is 0 Å². The number of fused-ring (bicyclic) bond motifs is 1. The summed E-state index contributed by atoms with van der Waals surface area (Å²) in [5.41, 5.74) is 8.25. The van der Waals surface area contributed by atoms with Crippen molar-refractivity contribution in [1.29, 1.82) is 0 Å². The van der Waals surface area contributed by atoms with Gasteiger partial charge in [-0.2, -0.15) is 0 Å². The van der Waals surface area contributed by atoms with Gasteiger partial charge >= 0.3 is 0 Å². The van der Waals surface area contributed by atoms with E-state index < -0.39 is 6.04 Å². The van der Waals surface area contributed by atoms with Crippen LogP contribution < -0.4 is 5.73 Å². The molecule has 2 atom stereocenters. The first kappa shape index (κ1) is 19.5. The van der Waals surface area contributed by atoms with Crippen molar-refractivity contribution < 1.29 is 14.0 Å². The van der Waals surface area contributed by atoms with Gasteiger partial charge in [0.05, 0.1) is 6.26 Å². The number of nitrogens with two attached hydrogens (primary N) is 1. The van der Waals surface area contributed by atoms with Crippen LogP contribution in [0.15, 0.2) is 47.1 Å². The third-order valence-corrected chi connectivity index (χ3v) is 5.30. The highest BCUT2D eigenvalue weighted by Crippen LogP contribution is 2.27. The van der Waals surface area contributed by atoms with Gasteiger partial charge in [0.25, 0.3) is 5.91 Å². The molecular weight excluding hydrogens is 366 g/mol. The van der Waals surface area contributed by atoms with E-state index in [1.807, 2.05) is 29.2 Å². The van der Waals surface area contributed by atoms with Crippen LogP contribution in [0.25, 0.3) is 0 Å². The average Bonchev–Trinajstić information content (AvgIpc) is 3.20. The molecule has 2 unspecified atom stereocenters. The maximum atomic E-state index is 13.2. The van der Waals surface area contributed by atoms with Crippen molar-refractivity contribution in [1.82, 2.24) is 9.80 Å². The molecule has 3 heterocycles. The molecule has 4 rings (SSSR count). The summed E-state index contributed by atoms with van der Waals surface area (Å²) < 4.78 is 5.29. The van der Waals surface area contributed by atoms with E-state index in [9.17, 15) is 9.59 Å². The summed E-state index contributed by atoms with van der Waals surface area (Å²) in [6.45, 7) is 1.67. The predicted molar refractivity (Wildman–Crippen MR) is 104 cm³/mol. The maximum Gasteiger partial charge on any atom is 0.290 e. The lowest BCUT2D eigenvalue weighted by Gasteiger charge is -2.40. The zero-order valence-corrected chi connectivity index (χ0v) is 15.9. The highest BCUT2D eigenvalue weighted by atomic mass is 35.5. The Morgan fingerprint density at radius 1 is 1.11 bits per heavy atom. The molecular formula is C20H24ClN3O3. The number of carbonyl (C=O) groups excluding carboxylic acids is 2. The Morgan fingerprint density at radius 3 is 2.59 bits per heavy atom. The Bertz CT molecular complexity index is 809. The minimum Gasteiger partial charge on any atom is -0.459 e. The van der Waals surface area contributed by atoms with E-state index in [1.165, 1.54) is 6.26 Å².